The largest absolute Gasteiger partial charge is 0.493 e. The molecule has 2 N–H and O–H groups in total. The van der Waals surface area contributed by atoms with Gasteiger partial charge in [0, 0.05) is 13.0 Å². The van der Waals surface area contributed by atoms with Gasteiger partial charge in [-0.25, -0.2) is 0 Å². The zero-order chi connectivity index (χ0) is 11.8. The van der Waals surface area contributed by atoms with E-state index in [2.05, 4.69) is 18.3 Å². The van der Waals surface area contributed by atoms with E-state index in [1.54, 1.807) is 6.92 Å². The van der Waals surface area contributed by atoms with E-state index in [1.165, 1.54) is 5.56 Å². The second-order valence-electron chi connectivity index (χ2n) is 3.91. The number of rotatable bonds is 7. The smallest absolute Gasteiger partial charge is 0.119 e. The fourth-order valence-electron chi connectivity index (χ4n) is 1.36. The Kier molecular flexibility index (Phi) is 5.90. The molecular weight excluding hydrogens is 202 g/mol. The zero-order valence-corrected chi connectivity index (χ0v) is 10.1. The molecule has 16 heavy (non-hydrogen) atoms. The van der Waals surface area contributed by atoms with E-state index in [-0.39, 0.29) is 6.10 Å². The van der Waals surface area contributed by atoms with Gasteiger partial charge in [0.2, 0.25) is 0 Å². The number of nitrogens with one attached hydrogen (secondary N) is 1. The van der Waals surface area contributed by atoms with Gasteiger partial charge in [0.1, 0.15) is 5.75 Å². The van der Waals surface area contributed by atoms with E-state index in [0.717, 1.165) is 18.8 Å². The second-order valence-corrected chi connectivity index (χ2v) is 3.91. The van der Waals surface area contributed by atoms with Crippen LogP contribution in [0, 0.1) is 0 Å². The summed E-state index contributed by atoms with van der Waals surface area (Å²) in [6.07, 6.45) is 0.363. The van der Waals surface area contributed by atoms with Crippen molar-refractivity contribution < 1.29 is 9.84 Å². The van der Waals surface area contributed by atoms with Crippen molar-refractivity contribution in [1.82, 2.24) is 5.32 Å². The third-order valence-electron chi connectivity index (χ3n) is 2.28. The number of aliphatic hydroxyl groups excluding tert-OH is 1. The summed E-state index contributed by atoms with van der Waals surface area (Å²) in [4.78, 5) is 0. The molecule has 1 aromatic carbocycles. The van der Waals surface area contributed by atoms with E-state index in [0.29, 0.717) is 13.0 Å². The molecule has 1 aromatic rings. The molecule has 1 unspecified atom stereocenters. The van der Waals surface area contributed by atoms with Gasteiger partial charge in [-0.15, -0.1) is 0 Å². The summed E-state index contributed by atoms with van der Waals surface area (Å²) in [5.74, 6) is 0.871. The van der Waals surface area contributed by atoms with Gasteiger partial charge in [0.05, 0.1) is 12.7 Å². The maximum Gasteiger partial charge on any atom is 0.119 e. The molecule has 3 heteroatoms. The lowest BCUT2D eigenvalue weighted by Crippen LogP contribution is -2.12. The molecule has 0 amide bonds. The zero-order valence-electron chi connectivity index (χ0n) is 10.1. The maximum absolute atomic E-state index is 9.11. The predicted molar refractivity (Wildman–Crippen MR) is 65.6 cm³/mol. The van der Waals surface area contributed by atoms with Crippen LogP contribution in [0.2, 0.25) is 0 Å². The van der Waals surface area contributed by atoms with E-state index in [4.69, 9.17) is 9.84 Å². The van der Waals surface area contributed by atoms with Crippen molar-refractivity contribution in [2.75, 3.05) is 13.2 Å². The van der Waals surface area contributed by atoms with E-state index >= 15 is 0 Å². The summed E-state index contributed by atoms with van der Waals surface area (Å²) in [6, 6.07) is 8.04. The number of hydrogen-bond donors (Lipinski definition) is 2. The number of aliphatic hydroxyl groups is 1. The summed E-state index contributed by atoms with van der Waals surface area (Å²) in [6.45, 7) is 6.24. The molecule has 0 aliphatic carbocycles. The minimum Gasteiger partial charge on any atom is -0.493 e. The van der Waals surface area contributed by atoms with E-state index in [9.17, 15) is 0 Å². The second kappa shape index (κ2) is 7.25. The number of hydrogen-bond acceptors (Lipinski definition) is 3. The Morgan fingerprint density at radius 3 is 2.94 bits per heavy atom. The minimum atomic E-state index is -0.301. The molecular formula is C13H21NO2. The quantitative estimate of drug-likeness (QED) is 0.742. The van der Waals surface area contributed by atoms with Crippen LogP contribution in [0.1, 0.15) is 25.8 Å². The summed E-state index contributed by atoms with van der Waals surface area (Å²) in [5.41, 5.74) is 1.22. The van der Waals surface area contributed by atoms with Crippen molar-refractivity contribution >= 4 is 0 Å². The molecule has 0 aliphatic rings. The Morgan fingerprint density at radius 1 is 1.44 bits per heavy atom. The van der Waals surface area contributed by atoms with Crippen LogP contribution in [-0.2, 0) is 6.54 Å². The number of benzene rings is 1. The molecule has 0 aromatic heterocycles. The van der Waals surface area contributed by atoms with Gasteiger partial charge >= 0.3 is 0 Å². The fraction of sp³-hybridized carbons (Fsp3) is 0.538. The molecule has 1 rings (SSSR count). The highest BCUT2D eigenvalue weighted by Gasteiger charge is 1.99. The molecule has 0 heterocycles. The van der Waals surface area contributed by atoms with Gasteiger partial charge in [-0.1, -0.05) is 19.1 Å². The average molecular weight is 223 g/mol. The van der Waals surface area contributed by atoms with Gasteiger partial charge in [-0.05, 0) is 31.2 Å². The van der Waals surface area contributed by atoms with Crippen LogP contribution >= 0.6 is 0 Å². The highest BCUT2D eigenvalue weighted by Crippen LogP contribution is 2.13. The lowest BCUT2D eigenvalue weighted by molar-refractivity contribution is 0.155. The Morgan fingerprint density at radius 2 is 2.25 bits per heavy atom. The predicted octanol–water partition coefficient (Wildman–Crippen LogP) is 1.95. The highest BCUT2D eigenvalue weighted by molar-refractivity contribution is 5.28. The van der Waals surface area contributed by atoms with Gasteiger partial charge in [0.25, 0.3) is 0 Å². The van der Waals surface area contributed by atoms with Crippen molar-refractivity contribution in [3.05, 3.63) is 29.8 Å². The monoisotopic (exact) mass is 223 g/mol. The van der Waals surface area contributed by atoms with Gasteiger partial charge in [-0.3, -0.25) is 0 Å². The molecule has 90 valence electrons. The van der Waals surface area contributed by atoms with E-state index in [1.807, 2.05) is 18.2 Å². The molecule has 0 bridgehead atoms. The molecule has 0 saturated heterocycles. The first-order valence-electron chi connectivity index (χ1n) is 5.83. The van der Waals surface area contributed by atoms with Crippen LogP contribution in [0.15, 0.2) is 24.3 Å². The van der Waals surface area contributed by atoms with Crippen molar-refractivity contribution in [2.24, 2.45) is 0 Å². The highest BCUT2D eigenvalue weighted by atomic mass is 16.5. The Hall–Kier alpha value is -1.06. The minimum absolute atomic E-state index is 0.301. The van der Waals surface area contributed by atoms with Crippen molar-refractivity contribution in [3.63, 3.8) is 0 Å². The van der Waals surface area contributed by atoms with Crippen molar-refractivity contribution in [2.45, 2.75) is 32.9 Å². The van der Waals surface area contributed by atoms with E-state index < -0.39 is 0 Å². The normalized spacial score (nSPS) is 12.4. The van der Waals surface area contributed by atoms with Gasteiger partial charge < -0.3 is 15.2 Å². The molecule has 0 saturated carbocycles. The summed E-state index contributed by atoms with van der Waals surface area (Å²) < 4.78 is 5.55. The molecule has 3 nitrogen and oxygen atoms in total. The topological polar surface area (TPSA) is 41.5 Å². The van der Waals surface area contributed by atoms with Gasteiger partial charge in [-0.2, -0.15) is 0 Å². The third-order valence-corrected chi connectivity index (χ3v) is 2.28. The SMILES string of the molecule is CCNCc1cccc(OCCC(C)O)c1. The maximum atomic E-state index is 9.11. The molecule has 0 aliphatic heterocycles. The Bertz CT molecular complexity index is 300. The third kappa shape index (κ3) is 5.14. The first-order valence-corrected chi connectivity index (χ1v) is 5.83. The lowest BCUT2D eigenvalue weighted by atomic mass is 10.2. The first-order chi connectivity index (χ1) is 7.72. The first kappa shape index (κ1) is 13.0. The fourth-order valence-corrected chi connectivity index (χ4v) is 1.36. The Labute approximate surface area is 97.4 Å². The van der Waals surface area contributed by atoms with Crippen LogP contribution in [0.25, 0.3) is 0 Å². The van der Waals surface area contributed by atoms with Crippen LogP contribution in [-0.4, -0.2) is 24.4 Å². The standard InChI is InChI=1S/C13H21NO2/c1-3-14-10-12-5-4-6-13(9-12)16-8-7-11(2)15/h4-6,9,11,14-15H,3,7-8,10H2,1-2H3. The van der Waals surface area contributed by atoms with Crippen molar-refractivity contribution in [3.8, 4) is 5.75 Å². The summed E-state index contributed by atoms with van der Waals surface area (Å²) >= 11 is 0. The van der Waals surface area contributed by atoms with Crippen LogP contribution < -0.4 is 10.1 Å². The molecule has 1 atom stereocenters. The summed E-state index contributed by atoms with van der Waals surface area (Å²) in [5, 5.41) is 12.4. The average Bonchev–Trinajstić information content (AvgIpc) is 2.26. The molecule has 0 spiro atoms. The van der Waals surface area contributed by atoms with Crippen LogP contribution in [0.5, 0.6) is 5.75 Å². The van der Waals surface area contributed by atoms with Gasteiger partial charge in [0.15, 0.2) is 0 Å². The van der Waals surface area contributed by atoms with Crippen molar-refractivity contribution in [1.29, 1.82) is 0 Å². The Balaban J connectivity index is 2.40. The number of ether oxygens (including phenoxy) is 1. The summed E-state index contributed by atoms with van der Waals surface area (Å²) in [7, 11) is 0. The molecule has 0 fully saturated rings. The van der Waals surface area contributed by atoms with Crippen LogP contribution in [0.4, 0.5) is 0 Å². The lowest BCUT2D eigenvalue weighted by Gasteiger charge is -2.09. The van der Waals surface area contributed by atoms with Crippen LogP contribution in [0.3, 0.4) is 0 Å². The molecule has 0 radical (unpaired) electrons.